The van der Waals surface area contributed by atoms with E-state index in [0.717, 1.165) is 23.1 Å². The molecule has 2 aliphatic heterocycles. The van der Waals surface area contributed by atoms with Crippen LogP contribution >= 0.6 is 0 Å². The fourth-order valence-corrected chi connectivity index (χ4v) is 12.2. The first-order valence-electron chi connectivity index (χ1n) is 25.9. The molecule has 7 rings (SSSR count). The molecular formula is C53H69F2N7O13. The number of carbonyl (C=O) groups is 9. The quantitative estimate of drug-likeness (QED) is 0.0607. The number of nitrogens with two attached hydrogens (primary N) is 1. The molecule has 12 atom stereocenters. The van der Waals surface area contributed by atoms with Crippen LogP contribution < -0.4 is 32.3 Å². The summed E-state index contributed by atoms with van der Waals surface area (Å²) in [5.41, 5.74) is 0.547. The molecule has 0 spiro atoms. The molecule has 6 aliphatic rings. The number of ether oxygens (including phenoxy) is 3. The molecule has 3 saturated carbocycles. The van der Waals surface area contributed by atoms with Crippen molar-refractivity contribution in [3.63, 3.8) is 0 Å². The maximum atomic E-state index is 16.9. The van der Waals surface area contributed by atoms with Gasteiger partial charge in [-0.2, -0.15) is 0 Å². The topological polar surface area (TPSA) is 291 Å². The van der Waals surface area contributed by atoms with Gasteiger partial charge in [-0.1, -0.05) is 52.7 Å². The van der Waals surface area contributed by atoms with Crippen molar-refractivity contribution in [2.45, 2.75) is 153 Å². The van der Waals surface area contributed by atoms with Gasteiger partial charge in [0.05, 0.1) is 12.2 Å². The van der Waals surface area contributed by atoms with Crippen molar-refractivity contribution in [2.75, 3.05) is 25.0 Å². The summed E-state index contributed by atoms with van der Waals surface area (Å²) < 4.78 is 51.1. The van der Waals surface area contributed by atoms with E-state index in [1.54, 1.807) is 45.0 Å². The zero-order valence-electron chi connectivity index (χ0n) is 42.7. The van der Waals surface area contributed by atoms with Crippen molar-refractivity contribution < 1.29 is 71.2 Å². The summed E-state index contributed by atoms with van der Waals surface area (Å²) in [6.45, 7) is 6.74. The van der Waals surface area contributed by atoms with E-state index >= 15 is 8.78 Å². The number of nitrogens with one attached hydrogen (secondary N) is 5. The van der Waals surface area contributed by atoms with Gasteiger partial charge in [-0.3, -0.25) is 38.5 Å². The van der Waals surface area contributed by atoms with Gasteiger partial charge in [0.2, 0.25) is 23.5 Å². The summed E-state index contributed by atoms with van der Waals surface area (Å²) in [5.74, 6) is -6.19. The van der Waals surface area contributed by atoms with E-state index in [1.807, 2.05) is 6.92 Å². The summed E-state index contributed by atoms with van der Waals surface area (Å²) in [5, 5.41) is 25.1. The number of benzene rings is 1. The number of hydrogen-bond donors (Lipinski definition) is 7. The first-order chi connectivity index (χ1) is 35.6. The Balaban J connectivity index is 0.921. The van der Waals surface area contributed by atoms with Crippen LogP contribution in [0.5, 0.6) is 0 Å². The third-order valence-corrected chi connectivity index (χ3v) is 15.8. The average molecular weight is 1050 g/mol. The van der Waals surface area contributed by atoms with Gasteiger partial charge in [-0.05, 0) is 105 Å². The lowest BCUT2D eigenvalue weighted by atomic mass is 9.48. The Bertz CT molecular complexity index is 2470. The number of aliphatic hydroxyl groups is 1. The predicted molar refractivity (Wildman–Crippen MR) is 265 cm³/mol. The number of ketones is 2. The minimum atomic E-state index is -2.39. The molecule has 1 aromatic rings. The highest BCUT2D eigenvalue weighted by Gasteiger charge is 2.77. The molecule has 4 unspecified atom stereocenters. The molecule has 408 valence electrons. The monoisotopic (exact) mass is 1050 g/mol. The highest BCUT2D eigenvalue weighted by molar-refractivity contribution is 6.12. The second-order valence-corrected chi connectivity index (χ2v) is 21.0. The van der Waals surface area contributed by atoms with Crippen molar-refractivity contribution in [3.8, 4) is 0 Å². The number of allylic oxidation sites excluding steroid dienone is 4. The lowest BCUT2D eigenvalue weighted by Gasteiger charge is -2.58. The van der Waals surface area contributed by atoms with Gasteiger partial charge in [0.1, 0.15) is 18.3 Å². The third-order valence-electron chi connectivity index (χ3n) is 15.8. The molecule has 20 nitrogen and oxygen atoms in total. The Morgan fingerprint density at radius 3 is 2.35 bits per heavy atom. The van der Waals surface area contributed by atoms with Crippen LogP contribution in [-0.4, -0.2) is 131 Å². The molecule has 75 heavy (non-hydrogen) atoms. The molecule has 1 aromatic carbocycles. The smallest absolute Gasteiger partial charge is 0.407 e. The molecule has 0 radical (unpaired) electrons. The molecule has 0 bridgehead atoms. The van der Waals surface area contributed by atoms with Crippen molar-refractivity contribution in [1.82, 2.24) is 26.2 Å². The fourth-order valence-electron chi connectivity index (χ4n) is 12.2. The van der Waals surface area contributed by atoms with Gasteiger partial charge < -0.3 is 51.6 Å². The average Bonchev–Trinajstić information content (AvgIpc) is 3.98. The largest absolute Gasteiger partial charge is 0.441 e. The van der Waals surface area contributed by atoms with E-state index < -0.39 is 119 Å². The van der Waals surface area contributed by atoms with E-state index in [9.17, 15) is 48.3 Å². The zero-order chi connectivity index (χ0) is 54.4. The lowest BCUT2D eigenvalue weighted by Crippen LogP contribution is -2.65. The highest BCUT2D eigenvalue weighted by Crippen LogP contribution is 2.69. The van der Waals surface area contributed by atoms with Gasteiger partial charge in [0, 0.05) is 60.8 Å². The number of hydrogen-bond acceptors (Lipinski definition) is 13. The van der Waals surface area contributed by atoms with Crippen molar-refractivity contribution in [1.29, 1.82) is 0 Å². The van der Waals surface area contributed by atoms with E-state index in [-0.39, 0.29) is 81.5 Å². The lowest BCUT2D eigenvalue weighted by molar-refractivity contribution is -0.204. The van der Waals surface area contributed by atoms with E-state index in [0.29, 0.717) is 43.4 Å². The number of Topliss-reactive ketones (excluding diaryl/α,β-unsaturated/α-hetero) is 1. The molecule has 1 saturated heterocycles. The van der Waals surface area contributed by atoms with Crippen LogP contribution in [0.2, 0.25) is 0 Å². The molecule has 22 heteroatoms. The van der Waals surface area contributed by atoms with Crippen molar-refractivity contribution in [3.05, 3.63) is 65.8 Å². The first kappa shape index (κ1) is 56.3. The summed E-state index contributed by atoms with van der Waals surface area (Å²) in [7, 11) is 0. The number of urea groups is 1. The number of fused-ring (bicyclic) bond motifs is 7. The molecule has 0 aromatic heterocycles. The Morgan fingerprint density at radius 2 is 1.67 bits per heavy atom. The Kier molecular flexibility index (Phi) is 17.8. The maximum absolute atomic E-state index is 16.9. The van der Waals surface area contributed by atoms with Crippen LogP contribution in [0.15, 0.2) is 60.2 Å². The number of primary amides is 1. The molecular weight excluding hydrogens is 981 g/mol. The molecule has 8 amide bonds. The Labute approximate surface area is 433 Å². The summed E-state index contributed by atoms with van der Waals surface area (Å²) in [6.07, 6.45) is 2.81. The van der Waals surface area contributed by atoms with Gasteiger partial charge in [0.15, 0.2) is 29.9 Å². The second kappa shape index (κ2) is 23.7. The van der Waals surface area contributed by atoms with E-state index in [1.165, 1.54) is 12.2 Å². The molecule has 8 N–H and O–H groups in total. The van der Waals surface area contributed by atoms with E-state index in [2.05, 4.69) is 26.6 Å². The van der Waals surface area contributed by atoms with Gasteiger partial charge in [-0.15, -0.1) is 0 Å². The number of alkyl carbamates (subject to hydrolysis) is 1. The maximum Gasteiger partial charge on any atom is 0.407 e. The number of aliphatic hydroxyl groups excluding tert-OH is 1. The van der Waals surface area contributed by atoms with Crippen LogP contribution in [0.1, 0.15) is 104 Å². The van der Waals surface area contributed by atoms with Crippen LogP contribution in [-0.2, 0) is 54.3 Å². The number of imide groups is 1. The molecule has 2 heterocycles. The van der Waals surface area contributed by atoms with Crippen molar-refractivity contribution in [2.24, 2.45) is 34.8 Å². The van der Waals surface area contributed by atoms with Crippen LogP contribution in [0, 0.1) is 29.1 Å². The minimum Gasteiger partial charge on any atom is -0.441 e. The number of rotatable bonds is 23. The highest BCUT2D eigenvalue weighted by atomic mass is 19.2. The molecule has 4 aliphatic carbocycles. The van der Waals surface area contributed by atoms with Crippen LogP contribution in [0.25, 0.3) is 0 Å². The number of unbranched alkanes of at least 4 members (excludes halogenated alkanes) is 2. The first-order valence-corrected chi connectivity index (χ1v) is 25.9. The van der Waals surface area contributed by atoms with Crippen LogP contribution in [0.3, 0.4) is 0 Å². The van der Waals surface area contributed by atoms with Gasteiger partial charge >= 0.3 is 12.1 Å². The predicted octanol–water partition coefficient (Wildman–Crippen LogP) is 3.80. The SMILES string of the molecule is CCCC1O[C@@H]2CC3[C@@H]4C[C@H](F)C5=CC(=O)C=C[C@]5(F)C4[C@@H](O)C[C@]3(C)[C@]2(C(=O)COC(=O)NCc2ccc(NC(=O)[C@H](CCCNC(N)=O)NC(=O)C(NC(=O)CCCCCN3C(=O)C=CC3=O)C(C)C)cc2)O1. The van der Waals surface area contributed by atoms with Crippen molar-refractivity contribution >= 4 is 58.9 Å². The van der Waals surface area contributed by atoms with Gasteiger partial charge in [-0.25, -0.2) is 18.4 Å². The Morgan fingerprint density at radius 1 is 0.947 bits per heavy atom. The minimum absolute atomic E-state index is 0.0553. The number of halogens is 2. The summed E-state index contributed by atoms with van der Waals surface area (Å²) in [6, 6.07) is 3.52. The Hall–Kier alpha value is -6.39. The zero-order valence-corrected chi connectivity index (χ0v) is 42.7. The van der Waals surface area contributed by atoms with E-state index in [4.69, 9.17) is 19.9 Å². The second-order valence-electron chi connectivity index (χ2n) is 21.0. The third kappa shape index (κ3) is 12.0. The molecule has 4 fully saturated rings. The summed E-state index contributed by atoms with van der Waals surface area (Å²) >= 11 is 0. The number of anilines is 1. The number of carbonyl (C=O) groups excluding carboxylic acids is 9. The number of alkyl halides is 2. The normalized spacial score (nSPS) is 30.1. The number of amides is 8. The standard InChI is InChI=1S/C53H69F2N7O13/c1-5-10-44-74-40-25-34-33-24-36(54)35-23-32(63)19-20-52(35,55)45(33)38(64)26-51(34,4)53(40,75-44)39(65)28-73-50(72)58-27-30-13-15-31(16-14-30)59-47(69)37(11-9-21-57-49(56)71)60-48(70)46(29(2)3)61-41(66)12-7-6-8-22-62-42(67)17-18-43(62)68/h13-20,23,29,33-34,36-38,40,44-46,64H,5-12,21-22,24-28H2,1-4H3,(H,58,72)(H,59,69)(H,60,70)(H,61,66)(H3,56,57,71)/t33-,34?,36-,37-,38-,40+,44?,45?,46?,51-,52+,53+/m0/s1. The van der Waals surface area contributed by atoms with Crippen LogP contribution in [0.4, 0.5) is 24.1 Å². The summed E-state index contributed by atoms with van der Waals surface area (Å²) in [4.78, 5) is 116. The van der Waals surface area contributed by atoms with Gasteiger partial charge in [0.25, 0.3) is 11.8 Å². The number of nitrogens with zero attached hydrogens (tertiary/aromatic N) is 1. The fraction of sp³-hybridized carbons (Fsp3) is 0.604.